The maximum atomic E-state index is 13.4. The zero-order valence-corrected chi connectivity index (χ0v) is 19.6. The van der Waals surface area contributed by atoms with E-state index in [0.29, 0.717) is 53.9 Å². The maximum absolute atomic E-state index is 13.4. The van der Waals surface area contributed by atoms with Crippen LogP contribution in [0.3, 0.4) is 0 Å². The second kappa shape index (κ2) is 11.2. The van der Waals surface area contributed by atoms with Crippen molar-refractivity contribution in [1.29, 1.82) is 0 Å². The molecule has 0 aliphatic carbocycles. The predicted octanol–water partition coefficient (Wildman–Crippen LogP) is 5.05. The number of nitrogens with zero attached hydrogens (tertiary/aromatic N) is 2. The summed E-state index contributed by atoms with van der Waals surface area (Å²) >= 11 is 0. The Bertz CT molecular complexity index is 1340. The minimum Gasteiger partial charge on any atom is -0.457 e. The summed E-state index contributed by atoms with van der Waals surface area (Å²) in [5.41, 5.74) is -0.396. The molecule has 11 heteroatoms. The first-order valence-corrected chi connectivity index (χ1v) is 11.1. The van der Waals surface area contributed by atoms with E-state index in [9.17, 15) is 22.4 Å². The number of carbonyl (C=O) groups excluding carboxylic acids is 1. The molecule has 192 valence electrons. The number of halogens is 4. The molecule has 0 saturated carbocycles. The third-order valence-electron chi connectivity index (χ3n) is 5.21. The number of amides is 1. The molecular formula is C26H22F4N4O3. The average molecular weight is 514 g/mol. The van der Waals surface area contributed by atoms with Crippen LogP contribution in [0.2, 0.25) is 0 Å². The van der Waals surface area contributed by atoms with Crippen LogP contribution in [0.25, 0.3) is 6.08 Å². The van der Waals surface area contributed by atoms with Crippen LogP contribution in [0.15, 0.2) is 71.9 Å². The maximum Gasteiger partial charge on any atom is 0.419 e. The first-order valence-electron chi connectivity index (χ1n) is 11.1. The van der Waals surface area contributed by atoms with Crippen LogP contribution in [-0.2, 0) is 15.7 Å². The summed E-state index contributed by atoms with van der Waals surface area (Å²) < 4.78 is 63.1. The molecule has 7 nitrogen and oxygen atoms in total. The Labute approximate surface area is 209 Å². The monoisotopic (exact) mass is 514 g/mol. The molecule has 0 bridgehead atoms. The molecule has 0 unspecified atom stereocenters. The van der Waals surface area contributed by atoms with Gasteiger partial charge in [0.05, 0.1) is 24.8 Å². The van der Waals surface area contributed by atoms with Gasteiger partial charge in [-0.2, -0.15) is 13.2 Å². The number of carbonyl (C=O) groups is 1. The number of alkyl halides is 3. The number of ether oxygens (including phenoxy) is 2. The number of aliphatic imine (C=N–C) groups is 1. The lowest BCUT2D eigenvalue weighted by atomic mass is 10.1. The van der Waals surface area contributed by atoms with Crippen molar-refractivity contribution < 1.29 is 31.8 Å². The number of benzene rings is 2. The number of nitrogens with one attached hydrogen (secondary N) is 2. The first kappa shape index (κ1) is 25.8. The third kappa shape index (κ3) is 6.91. The molecule has 2 heterocycles. The predicted molar refractivity (Wildman–Crippen MR) is 130 cm³/mol. The van der Waals surface area contributed by atoms with Gasteiger partial charge in [0.1, 0.15) is 28.8 Å². The highest BCUT2D eigenvalue weighted by Crippen LogP contribution is 2.33. The second-order valence-electron chi connectivity index (χ2n) is 8.05. The van der Waals surface area contributed by atoms with Crippen molar-refractivity contribution in [2.45, 2.75) is 12.2 Å². The van der Waals surface area contributed by atoms with E-state index in [1.165, 1.54) is 6.08 Å². The van der Waals surface area contributed by atoms with Gasteiger partial charge >= 0.3 is 6.18 Å². The van der Waals surface area contributed by atoms with Gasteiger partial charge in [0.2, 0.25) is 5.91 Å². The molecule has 0 fully saturated rings. The van der Waals surface area contributed by atoms with E-state index in [1.54, 1.807) is 49.7 Å². The molecule has 1 aliphatic heterocycles. The van der Waals surface area contributed by atoms with E-state index in [4.69, 9.17) is 9.47 Å². The standard InChI is InChI=1S/C26H22F4N4O3/c1-36-15-18-14-32-25(34-18)23-13-20(9-10-31-23)37-19-4-2-3-16(11-19)5-8-24(35)33-17-6-7-22(27)21(12-17)26(28,29)30/h2-13,18H,14-15H2,1H3,(H,32,34)(H,33,35)/b8-5+/t18-/m0/s1. The number of hydrogen-bond donors (Lipinski definition) is 2. The van der Waals surface area contributed by atoms with Gasteiger partial charge in [0.25, 0.3) is 0 Å². The molecule has 37 heavy (non-hydrogen) atoms. The van der Waals surface area contributed by atoms with E-state index < -0.39 is 23.5 Å². The molecule has 2 N–H and O–H groups in total. The Hall–Kier alpha value is -4.25. The Morgan fingerprint density at radius 2 is 1.97 bits per heavy atom. The summed E-state index contributed by atoms with van der Waals surface area (Å²) in [6, 6.07) is 12.6. The second-order valence-corrected chi connectivity index (χ2v) is 8.05. The smallest absolute Gasteiger partial charge is 0.419 e. The van der Waals surface area contributed by atoms with Crippen molar-refractivity contribution in [3.8, 4) is 11.5 Å². The molecular weight excluding hydrogens is 492 g/mol. The van der Waals surface area contributed by atoms with Crippen LogP contribution >= 0.6 is 0 Å². The zero-order chi connectivity index (χ0) is 26.4. The van der Waals surface area contributed by atoms with Crippen LogP contribution in [0.4, 0.5) is 23.2 Å². The molecule has 0 spiro atoms. The SMILES string of the molecule is COC[C@@H]1CN=C(c2cc(Oc3cccc(/C=C/C(=O)Nc4ccc(F)c(C(F)(F)F)c4)c3)ccn2)N1. The summed E-state index contributed by atoms with van der Waals surface area (Å²) in [4.78, 5) is 21.0. The highest BCUT2D eigenvalue weighted by Gasteiger charge is 2.34. The normalized spacial score (nSPS) is 15.4. The fourth-order valence-corrected chi connectivity index (χ4v) is 3.53. The molecule has 0 saturated heterocycles. The van der Waals surface area contributed by atoms with Crippen LogP contribution in [0.5, 0.6) is 11.5 Å². The van der Waals surface area contributed by atoms with Crippen molar-refractivity contribution in [2.24, 2.45) is 4.99 Å². The lowest BCUT2D eigenvalue weighted by Gasteiger charge is -2.11. The lowest BCUT2D eigenvalue weighted by Crippen LogP contribution is -2.34. The van der Waals surface area contributed by atoms with Gasteiger partial charge in [0, 0.05) is 31.1 Å². The van der Waals surface area contributed by atoms with Crippen LogP contribution in [0.1, 0.15) is 16.8 Å². The molecule has 1 atom stereocenters. The van der Waals surface area contributed by atoms with Crippen molar-refractivity contribution in [3.05, 3.63) is 89.5 Å². The van der Waals surface area contributed by atoms with Crippen molar-refractivity contribution >= 4 is 23.5 Å². The minimum atomic E-state index is -4.87. The van der Waals surface area contributed by atoms with Crippen molar-refractivity contribution in [3.63, 3.8) is 0 Å². The summed E-state index contributed by atoms with van der Waals surface area (Å²) in [6.45, 7) is 1.11. The van der Waals surface area contributed by atoms with E-state index in [0.717, 1.165) is 12.1 Å². The lowest BCUT2D eigenvalue weighted by molar-refractivity contribution is -0.140. The van der Waals surface area contributed by atoms with Gasteiger partial charge in [-0.1, -0.05) is 12.1 Å². The number of pyridine rings is 1. The van der Waals surface area contributed by atoms with Crippen molar-refractivity contribution in [1.82, 2.24) is 10.3 Å². The summed E-state index contributed by atoms with van der Waals surface area (Å²) in [5, 5.41) is 5.55. The van der Waals surface area contributed by atoms with Gasteiger partial charge in [-0.15, -0.1) is 0 Å². The molecule has 0 radical (unpaired) electrons. The van der Waals surface area contributed by atoms with E-state index in [2.05, 4.69) is 20.6 Å². The van der Waals surface area contributed by atoms with Crippen LogP contribution < -0.4 is 15.4 Å². The number of hydrogen-bond acceptors (Lipinski definition) is 6. The first-order chi connectivity index (χ1) is 17.7. The van der Waals surface area contributed by atoms with E-state index in [-0.39, 0.29) is 11.7 Å². The van der Waals surface area contributed by atoms with Crippen LogP contribution in [0, 0.1) is 5.82 Å². The number of aromatic nitrogens is 1. The van der Waals surface area contributed by atoms with Gasteiger partial charge < -0.3 is 20.1 Å². The van der Waals surface area contributed by atoms with Crippen molar-refractivity contribution in [2.75, 3.05) is 25.6 Å². The summed E-state index contributed by atoms with van der Waals surface area (Å²) in [6.07, 6.45) is -0.640. The molecule has 4 rings (SSSR count). The van der Waals surface area contributed by atoms with Gasteiger partial charge in [-0.3, -0.25) is 14.8 Å². The Balaban J connectivity index is 1.40. The number of amidine groups is 1. The molecule has 1 aliphatic rings. The summed E-state index contributed by atoms with van der Waals surface area (Å²) in [5.74, 6) is -0.422. The minimum absolute atomic E-state index is 0.0850. The Kier molecular flexibility index (Phi) is 7.83. The average Bonchev–Trinajstić information content (AvgIpc) is 3.33. The van der Waals surface area contributed by atoms with Crippen LogP contribution in [-0.4, -0.2) is 43.0 Å². The molecule has 3 aromatic rings. The quantitative estimate of drug-likeness (QED) is 0.325. The van der Waals surface area contributed by atoms with Gasteiger partial charge in [-0.05, 0) is 48.0 Å². The number of anilines is 1. The zero-order valence-electron chi connectivity index (χ0n) is 19.6. The highest BCUT2D eigenvalue weighted by molar-refractivity contribution is 6.02. The van der Waals surface area contributed by atoms with Gasteiger partial charge in [-0.25, -0.2) is 4.39 Å². The molecule has 1 amide bonds. The number of methoxy groups -OCH3 is 1. The largest absolute Gasteiger partial charge is 0.457 e. The topological polar surface area (TPSA) is 84.8 Å². The Morgan fingerprint density at radius 1 is 1.16 bits per heavy atom. The summed E-state index contributed by atoms with van der Waals surface area (Å²) in [7, 11) is 1.63. The highest BCUT2D eigenvalue weighted by atomic mass is 19.4. The van der Waals surface area contributed by atoms with E-state index in [1.807, 2.05) is 0 Å². The van der Waals surface area contributed by atoms with E-state index >= 15 is 0 Å². The fourth-order valence-electron chi connectivity index (χ4n) is 3.53. The third-order valence-corrected chi connectivity index (χ3v) is 5.21. The fraction of sp³-hybridized carbons (Fsp3) is 0.192. The molecule has 2 aromatic carbocycles. The molecule has 1 aromatic heterocycles. The number of rotatable bonds is 8. The van der Waals surface area contributed by atoms with Gasteiger partial charge in [0.15, 0.2) is 0 Å². The Morgan fingerprint density at radius 3 is 2.76 bits per heavy atom.